The molecule has 0 saturated heterocycles. The summed E-state index contributed by atoms with van der Waals surface area (Å²) in [4.78, 5) is 20.6. The number of rotatable bonds is 3. The summed E-state index contributed by atoms with van der Waals surface area (Å²) in [5.41, 5.74) is 0.618. The maximum absolute atomic E-state index is 10.6. The second-order valence-electron chi connectivity index (χ2n) is 3.49. The van der Waals surface area contributed by atoms with Gasteiger partial charge in [0.25, 0.3) is 0 Å². The van der Waals surface area contributed by atoms with E-state index < -0.39 is 4.92 Å². The zero-order chi connectivity index (χ0) is 13.1. The molecule has 8 nitrogen and oxygen atoms in total. The molecule has 0 saturated carbocycles. The molecule has 0 aliphatic heterocycles. The van der Waals surface area contributed by atoms with Crippen molar-refractivity contribution in [3.05, 3.63) is 45.7 Å². The summed E-state index contributed by atoms with van der Waals surface area (Å²) in [5.74, 6) is 0.369. The molecule has 2 N–H and O–H groups in total. The number of imidazole rings is 1. The van der Waals surface area contributed by atoms with Crippen LogP contribution in [0.15, 0.2) is 18.5 Å². The van der Waals surface area contributed by atoms with Gasteiger partial charge < -0.3 is 15.1 Å². The van der Waals surface area contributed by atoms with Gasteiger partial charge in [-0.1, -0.05) is 0 Å². The van der Waals surface area contributed by atoms with Gasteiger partial charge in [-0.15, -0.1) is 0 Å². The molecule has 0 unspecified atom stereocenters. The maximum Gasteiger partial charge on any atom is 0.342 e. The van der Waals surface area contributed by atoms with Crippen molar-refractivity contribution in [3.8, 4) is 0 Å². The van der Waals surface area contributed by atoms with Gasteiger partial charge in [-0.3, -0.25) is 5.41 Å². The molecule has 0 bridgehead atoms. The van der Waals surface area contributed by atoms with Crippen LogP contribution in [0.25, 0.3) is 12.2 Å². The van der Waals surface area contributed by atoms with Gasteiger partial charge in [-0.25, -0.2) is 14.5 Å². The Hall–Kier alpha value is -2.77. The number of aromatic amines is 1. The van der Waals surface area contributed by atoms with Gasteiger partial charge in [0, 0.05) is 12.3 Å². The highest BCUT2D eigenvalue weighted by molar-refractivity contribution is 5.65. The average Bonchev–Trinajstić information content (AvgIpc) is 2.68. The molecule has 0 radical (unpaired) electrons. The summed E-state index contributed by atoms with van der Waals surface area (Å²) >= 11 is 0. The van der Waals surface area contributed by atoms with Gasteiger partial charge in [-0.05, 0) is 17.1 Å². The predicted octanol–water partition coefficient (Wildman–Crippen LogP) is 0.701. The fraction of sp³-hybridized carbons (Fsp3) is 0.100. The highest BCUT2D eigenvalue weighted by Crippen LogP contribution is 2.13. The molecular weight excluding hydrogens is 236 g/mol. The summed E-state index contributed by atoms with van der Waals surface area (Å²) in [7, 11) is 1.56. The Balaban J connectivity index is 2.29. The van der Waals surface area contributed by atoms with Crippen molar-refractivity contribution in [1.29, 1.82) is 5.41 Å². The fourth-order valence-electron chi connectivity index (χ4n) is 1.40. The quantitative estimate of drug-likeness (QED) is 0.612. The van der Waals surface area contributed by atoms with Crippen LogP contribution in [0.3, 0.4) is 0 Å². The highest BCUT2D eigenvalue weighted by atomic mass is 16.6. The van der Waals surface area contributed by atoms with Gasteiger partial charge in [0.1, 0.15) is 6.20 Å². The first-order chi connectivity index (χ1) is 8.58. The molecule has 0 aliphatic carbocycles. The number of nitrogens with one attached hydrogen (secondary N) is 2. The molecule has 2 aromatic rings. The lowest BCUT2D eigenvalue weighted by Gasteiger charge is -1.94. The van der Waals surface area contributed by atoms with E-state index >= 15 is 0 Å². The van der Waals surface area contributed by atoms with Crippen molar-refractivity contribution in [1.82, 2.24) is 19.5 Å². The van der Waals surface area contributed by atoms with Crippen LogP contribution in [0.4, 0.5) is 5.82 Å². The van der Waals surface area contributed by atoms with Crippen LogP contribution in [-0.4, -0.2) is 24.4 Å². The molecule has 0 fully saturated rings. The van der Waals surface area contributed by atoms with Crippen molar-refractivity contribution in [2.24, 2.45) is 7.05 Å². The largest absolute Gasteiger partial charge is 0.358 e. The van der Waals surface area contributed by atoms with Crippen LogP contribution in [0.2, 0.25) is 0 Å². The zero-order valence-electron chi connectivity index (χ0n) is 9.49. The monoisotopic (exact) mass is 246 g/mol. The first kappa shape index (κ1) is 11.7. The van der Waals surface area contributed by atoms with E-state index in [9.17, 15) is 10.1 Å². The summed E-state index contributed by atoms with van der Waals surface area (Å²) in [6, 6.07) is 1.69. The van der Waals surface area contributed by atoms with Crippen molar-refractivity contribution in [3.63, 3.8) is 0 Å². The third kappa shape index (κ3) is 2.32. The zero-order valence-corrected chi connectivity index (χ0v) is 9.49. The molecule has 2 heterocycles. The Morgan fingerprint density at radius 2 is 2.33 bits per heavy atom. The van der Waals surface area contributed by atoms with Crippen molar-refractivity contribution >= 4 is 18.0 Å². The summed E-state index contributed by atoms with van der Waals surface area (Å²) in [6.45, 7) is 0. The third-order valence-corrected chi connectivity index (χ3v) is 2.30. The van der Waals surface area contributed by atoms with Crippen LogP contribution < -0.4 is 5.62 Å². The molecule has 0 aliphatic rings. The van der Waals surface area contributed by atoms with E-state index in [0.29, 0.717) is 11.5 Å². The van der Waals surface area contributed by atoms with E-state index in [0.717, 1.165) is 0 Å². The van der Waals surface area contributed by atoms with Gasteiger partial charge in [0.2, 0.25) is 11.4 Å². The summed E-state index contributed by atoms with van der Waals surface area (Å²) in [6.07, 6.45) is 6.03. The fourth-order valence-corrected chi connectivity index (χ4v) is 1.40. The van der Waals surface area contributed by atoms with E-state index in [-0.39, 0.29) is 11.4 Å². The first-order valence-corrected chi connectivity index (χ1v) is 5.02. The molecular formula is C10H10N6O2. The Morgan fingerprint density at radius 3 is 2.94 bits per heavy atom. The molecule has 0 atom stereocenters. The number of hydrogen-bond donors (Lipinski definition) is 2. The minimum Gasteiger partial charge on any atom is -0.358 e. The minimum atomic E-state index is -0.498. The Labute approximate surface area is 101 Å². The SMILES string of the molecule is Cn1c([N+](=O)[O-])cnc1/C=C/c1cc[nH]c(=N)n1. The molecule has 8 heteroatoms. The van der Waals surface area contributed by atoms with E-state index in [1.807, 2.05) is 0 Å². The van der Waals surface area contributed by atoms with Crippen molar-refractivity contribution in [2.45, 2.75) is 0 Å². The molecule has 92 valence electrons. The topological polar surface area (TPSA) is 113 Å². The van der Waals surface area contributed by atoms with Crippen LogP contribution in [0, 0.1) is 15.5 Å². The van der Waals surface area contributed by atoms with Gasteiger partial charge in [0.15, 0.2) is 0 Å². The van der Waals surface area contributed by atoms with E-state index in [1.54, 1.807) is 31.5 Å². The Bertz CT molecular complexity index is 669. The molecule has 0 amide bonds. The number of hydrogen-bond acceptors (Lipinski definition) is 5. The molecule has 2 rings (SSSR count). The van der Waals surface area contributed by atoms with Crippen LogP contribution in [0.5, 0.6) is 0 Å². The highest BCUT2D eigenvalue weighted by Gasteiger charge is 2.13. The van der Waals surface area contributed by atoms with E-state index in [4.69, 9.17) is 5.41 Å². The van der Waals surface area contributed by atoms with Crippen LogP contribution in [0.1, 0.15) is 11.5 Å². The van der Waals surface area contributed by atoms with Crippen LogP contribution in [-0.2, 0) is 7.05 Å². The van der Waals surface area contributed by atoms with Gasteiger partial charge in [0.05, 0.1) is 12.7 Å². The lowest BCUT2D eigenvalue weighted by atomic mass is 10.3. The Kier molecular flexibility index (Phi) is 3.00. The van der Waals surface area contributed by atoms with Crippen molar-refractivity contribution in [2.75, 3.05) is 0 Å². The maximum atomic E-state index is 10.6. The van der Waals surface area contributed by atoms with E-state index in [2.05, 4.69) is 15.0 Å². The first-order valence-electron chi connectivity index (χ1n) is 5.02. The third-order valence-electron chi connectivity index (χ3n) is 2.30. The minimum absolute atomic E-state index is 0.0444. The smallest absolute Gasteiger partial charge is 0.342 e. The summed E-state index contributed by atoms with van der Waals surface area (Å²) < 4.78 is 1.37. The predicted molar refractivity (Wildman–Crippen MR) is 63.2 cm³/mol. The van der Waals surface area contributed by atoms with Crippen LogP contribution >= 0.6 is 0 Å². The number of nitro groups is 1. The molecule has 0 spiro atoms. The molecule has 0 aromatic carbocycles. The number of H-pyrrole nitrogens is 1. The Morgan fingerprint density at radius 1 is 1.56 bits per heavy atom. The average molecular weight is 246 g/mol. The number of aromatic nitrogens is 4. The molecule has 18 heavy (non-hydrogen) atoms. The molecule has 2 aromatic heterocycles. The van der Waals surface area contributed by atoms with Gasteiger partial charge in [-0.2, -0.15) is 0 Å². The van der Waals surface area contributed by atoms with E-state index in [1.165, 1.54) is 10.8 Å². The summed E-state index contributed by atoms with van der Waals surface area (Å²) in [5, 5.41) is 17.9. The second-order valence-corrected chi connectivity index (χ2v) is 3.49. The lowest BCUT2D eigenvalue weighted by Crippen LogP contribution is -2.09. The van der Waals surface area contributed by atoms with Gasteiger partial charge >= 0.3 is 5.82 Å². The number of nitrogens with zero attached hydrogens (tertiary/aromatic N) is 4. The second kappa shape index (κ2) is 4.62. The van der Waals surface area contributed by atoms with Crippen molar-refractivity contribution < 1.29 is 4.92 Å². The lowest BCUT2D eigenvalue weighted by molar-refractivity contribution is -0.391. The normalized spacial score (nSPS) is 10.9. The standard InChI is InChI=1S/C10H10N6O2/c1-15-8(13-6-9(15)16(17)18)3-2-7-4-5-12-10(11)14-7/h2-6H,1H3,(H2,11,12,14)/b3-2+.